The molecule has 20 rings (SSSR count). The number of amides is 4. The molecule has 11 aromatic rings. The quantitative estimate of drug-likeness (QED) is 0.0161. The second-order valence-electron chi connectivity index (χ2n) is 40.4. The summed E-state index contributed by atoms with van der Waals surface area (Å²) < 4.78 is 141. The molecule has 3 unspecified atom stereocenters. The Morgan fingerprint density at radius 2 is 0.745 bits per heavy atom. The lowest BCUT2D eigenvalue weighted by molar-refractivity contribution is -0.150. The number of alkyl halides is 9. The highest BCUT2D eigenvalue weighted by molar-refractivity contribution is 7.10. The Morgan fingerprint density at radius 3 is 1.07 bits per heavy atom. The van der Waals surface area contributed by atoms with Crippen LogP contribution in [0.4, 0.5) is 62.8 Å². The fourth-order valence-electron chi connectivity index (χ4n) is 21.7. The van der Waals surface area contributed by atoms with Gasteiger partial charge in [-0.25, -0.2) is 0 Å². The summed E-state index contributed by atoms with van der Waals surface area (Å²) in [6.45, 7) is 14.6. The van der Waals surface area contributed by atoms with Crippen LogP contribution in [0.25, 0.3) is 43.6 Å². The molecule has 5 aliphatic heterocycles. The number of rotatable bonds is 28. The molecule has 32 nitrogen and oxygen atoms in total. The molecule has 4 saturated carbocycles. The van der Waals surface area contributed by atoms with Gasteiger partial charge < -0.3 is 67.0 Å². The number of ether oxygens (including phenoxy) is 3. The molecule has 3 atom stereocenters. The number of nitrogens with one attached hydrogen (secondary N) is 8. The number of hydrogen-bond donors (Lipinski definition) is 10. The number of benzene rings is 5. The van der Waals surface area contributed by atoms with E-state index in [9.17, 15) is 73.7 Å². The minimum atomic E-state index is -4.33. The van der Waals surface area contributed by atoms with Crippen LogP contribution in [0.3, 0.4) is 0 Å². The molecule has 8 fully saturated rings. The number of carbonyl (C=O) groups is 5. The molecular weight excluding hydrogens is 1930 g/mol. The van der Waals surface area contributed by atoms with E-state index in [1.807, 2.05) is 24.7 Å². The van der Waals surface area contributed by atoms with E-state index in [1.165, 1.54) is 70.2 Å². The number of aryl methyl sites for hydroxylation is 5. The SMILES string of the molecule is CC(c1ccc2c(c1)c(NCC(=O)NC1CN(C3CCC(O)(c4cncs4)CC3)C1)nn2C)C(F)(F)F.CC(c1ccc2c(c1)c(NCC(=O)NC1CN(C3CCC(c4ccc5c(c4)OCO5)CC3)C1)nn2C)C(F)(F)F.CCOC(=O)C1CCC(N2CC(NC(=O)CNc3nn(C)c4ccc(C(C)C(F)(F)F)cc34)C2)CC1.Cc1ccc2c(c1)c(NCC(=O)NC1CN(C3CCC(O)(c4cncs4)CC3)C1)nn2C. The summed E-state index contributed by atoms with van der Waals surface area (Å²) in [6, 6.07) is 28.5. The predicted molar refractivity (Wildman–Crippen MR) is 535 cm³/mol. The monoisotopic (exact) mass is 2060 g/mol. The minimum absolute atomic E-state index is 0.000481. The number of esters is 1. The maximum absolute atomic E-state index is 13.2. The third-order valence-corrected chi connectivity index (χ3v) is 32.6. The van der Waals surface area contributed by atoms with Crippen molar-refractivity contribution in [3.05, 3.63) is 152 Å². The first-order valence-corrected chi connectivity index (χ1v) is 51.8. The zero-order chi connectivity index (χ0) is 103. The first kappa shape index (κ1) is 105. The van der Waals surface area contributed by atoms with Crippen molar-refractivity contribution in [2.45, 2.75) is 239 Å². The van der Waals surface area contributed by atoms with Crippen molar-refractivity contribution in [3.8, 4) is 11.5 Å². The minimum Gasteiger partial charge on any atom is -0.466 e. The van der Waals surface area contributed by atoms with Gasteiger partial charge in [0.25, 0.3) is 0 Å². The number of anilines is 4. The Hall–Kier alpha value is -11.5. The van der Waals surface area contributed by atoms with Gasteiger partial charge in [0, 0.05) is 139 Å². The van der Waals surface area contributed by atoms with Crippen molar-refractivity contribution in [2.24, 2.45) is 34.1 Å². The summed E-state index contributed by atoms with van der Waals surface area (Å²) in [5.74, 6) is -1.32. The molecule has 0 spiro atoms. The van der Waals surface area contributed by atoms with Crippen LogP contribution in [-0.4, -0.2) is 267 Å². The molecule has 4 amide bonds. The average Bonchev–Trinajstić information content (AvgIpc) is 0.958. The summed E-state index contributed by atoms with van der Waals surface area (Å²) in [5.41, 5.74) is 8.12. The molecule has 0 radical (unpaired) electrons. The molecule has 9 aliphatic rings. The Morgan fingerprint density at radius 1 is 0.428 bits per heavy atom. The number of likely N-dealkylation sites (tertiary alicyclic amines) is 4. The number of aliphatic hydroxyl groups is 2. The summed E-state index contributed by atoms with van der Waals surface area (Å²) in [6.07, 6.45) is 5.36. The first-order valence-electron chi connectivity index (χ1n) is 50.1. The normalized spacial score (nSPS) is 23.2. The molecule has 4 aliphatic carbocycles. The van der Waals surface area contributed by atoms with Crippen molar-refractivity contribution in [1.29, 1.82) is 0 Å². The van der Waals surface area contributed by atoms with E-state index in [0.717, 1.165) is 201 Å². The maximum atomic E-state index is 13.2. The van der Waals surface area contributed by atoms with Crippen LogP contribution < -0.4 is 52.0 Å². The number of carbonyl (C=O) groups excluding carboxylic acids is 5. The molecule has 43 heteroatoms. The zero-order valence-corrected chi connectivity index (χ0v) is 84.5. The van der Waals surface area contributed by atoms with Gasteiger partial charge in [0.15, 0.2) is 34.8 Å². The predicted octanol–water partition coefficient (Wildman–Crippen LogP) is 14.6. The number of thiazole rings is 2. The van der Waals surface area contributed by atoms with Gasteiger partial charge in [-0.15, -0.1) is 22.7 Å². The molecule has 782 valence electrons. The maximum Gasteiger partial charge on any atom is 0.395 e. The van der Waals surface area contributed by atoms with E-state index >= 15 is 0 Å². The zero-order valence-electron chi connectivity index (χ0n) is 82.8. The number of aromatic nitrogens is 10. The van der Waals surface area contributed by atoms with E-state index in [-0.39, 0.29) is 103 Å². The van der Waals surface area contributed by atoms with Gasteiger partial charge >= 0.3 is 24.5 Å². The van der Waals surface area contributed by atoms with Crippen molar-refractivity contribution in [2.75, 3.05) is 113 Å². The lowest BCUT2D eigenvalue weighted by Crippen LogP contribution is -2.63. The van der Waals surface area contributed by atoms with Gasteiger partial charge in [0.1, 0.15) is 11.2 Å². The molecular formula is C102H129F9N22O10S2. The van der Waals surface area contributed by atoms with Crippen LogP contribution in [0.5, 0.6) is 11.5 Å². The highest BCUT2D eigenvalue weighted by atomic mass is 32.1. The first-order chi connectivity index (χ1) is 69.2. The molecule has 145 heavy (non-hydrogen) atoms. The summed E-state index contributed by atoms with van der Waals surface area (Å²) >= 11 is 3.03. The second kappa shape index (κ2) is 44.3. The van der Waals surface area contributed by atoms with Crippen LogP contribution in [0, 0.1) is 12.8 Å². The second-order valence-corrected chi connectivity index (χ2v) is 42.2. The topological polar surface area (TPSA) is 360 Å². The fourth-order valence-corrected chi connectivity index (χ4v) is 23.2. The van der Waals surface area contributed by atoms with Crippen LogP contribution >= 0.6 is 22.7 Å². The summed E-state index contributed by atoms with van der Waals surface area (Å²) in [4.78, 5) is 81.8. The number of halogens is 9. The van der Waals surface area contributed by atoms with Crippen molar-refractivity contribution < 1.29 is 87.9 Å². The van der Waals surface area contributed by atoms with Crippen LogP contribution in [0.15, 0.2) is 114 Å². The molecule has 10 N–H and O–H groups in total. The van der Waals surface area contributed by atoms with E-state index in [4.69, 9.17) is 14.2 Å². The van der Waals surface area contributed by atoms with Gasteiger partial charge in [-0.3, -0.25) is 72.3 Å². The van der Waals surface area contributed by atoms with Gasteiger partial charge in [0.2, 0.25) is 30.4 Å². The van der Waals surface area contributed by atoms with Gasteiger partial charge in [-0.2, -0.15) is 59.9 Å². The highest BCUT2D eigenvalue weighted by Gasteiger charge is 2.47. The van der Waals surface area contributed by atoms with E-state index < -0.39 is 47.5 Å². The Kier molecular flexibility index (Phi) is 32.0. The lowest BCUT2D eigenvalue weighted by Gasteiger charge is -2.48. The van der Waals surface area contributed by atoms with Gasteiger partial charge in [0.05, 0.1) is 123 Å². The number of nitrogens with zero attached hydrogens (tertiary/aromatic N) is 14. The smallest absolute Gasteiger partial charge is 0.395 e. The largest absolute Gasteiger partial charge is 0.466 e. The van der Waals surface area contributed by atoms with E-state index in [2.05, 4.69) is 130 Å². The van der Waals surface area contributed by atoms with E-state index in [0.29, 0.717) is 106 Å². The summed E-state index contributed by atoms with van der Waals surface area (Å²) in [7, 11) is 7.07. The van der Waals surface area contributed by atoms with E-state index in [1.54, 1.807) is 76.8 Å². The highest BCUT2D eigenvalue weighted by Crippen LogP contribution is 2.47. The molecule has 4 saturated heterocycles. The Balaban J connectivity index is 0.000000133. The van der Waals surface area contributed by atoms with Crippen molar-refractivity contribution in [1.82, 2.24) is 90.0 Å². The molecule has 0 bridgehead atoms. The molecule has 5 aromatic carbocycles. The third kappa shape index (κ3) is 24.7. The van der Waals surface area contributed by atoms with Gasteiger partial charge in [-0.05, 0) is 226 Å². The fraction of sp³-hybridized carbons (Fsp3) is 0.559. The van der Waals surface area contributed by atoms with Crippen LogP contribution in [-0.2, 0) is 68.1 Å². The Bertz CT molecular complexity index is 6340. The number of fused-ring (bicyclic) bond motifs is 5. The van der Waals surface area contributed by atoms with Crippen LogP contribution in [0.1, 0.15) is 192 Å². The van der Waals surface area contributed by atoms with Crippen molar-refractivity contribution >= 4 is 119 Å². The molecule has 6 aromatic heterocycles. The number of hydrogen-bond acceptors (Lipinski definition) is 26. The summed E-state index contributed by atoms with van der Waals surface area (Å²) in [5, 5.41) is 66.5. The van der Waals surface area contributed by atoms with Gasteiger partial charge in [-0.1, -0.05) is 35.9 Å². The molecule has 11 heterocycles. The average molecular weight is 2060 g/mol. The lowest BCUT2D eigenvalue weighted by atomic mass is 9.80. The van der Waals surface area contributed by atoms with Crippen LogP contribution in [0.2, 0.25) is 0 Å². The standard InChI is InChI=1S/C29H34F3N5O3.C25H31F3N6O2S.C25H34F3N5O3.C23H30N6O2S/c1-17(29(30,31)32)19-5-9-24-23(11-19)28(35-36(24)2)33-13-27(38)34-21-14-37(15-21)22-7-3-18(4-8-22)20-6-10-25-26(12-20)40-16-39-25;1-15(25(26,27)28)16-3-4-20-19(9-16)23(32-33(20)2)30-11-22(35)31-17-12-34(13-17)18-5-7-24(36,8-6-18)21-10-29-14-37-21;1-4-36-24(35)16-5-8-19(9-6-16)33-13-18(14-33)30-22(34)12-29-23-20-11-17(15(2)25(26,27)28)7-10-21(20)32(3)31-23;1-15-3-4-19-18(9-15)22(27-28(19)2)25-11-21(30)26-16-12-29(13-16)17-5-7-23(31,8-6-17)20-10-24-14-32-20/h5-6,9-12,17-18,21-22H,3-4,7-8,13-16H2,1-2H3,(H,33,35)(H,34,38);3-4,9-10,14-15,17-18,36H,5-8,11-13H2,1-2H3,(H,30,32)(H,31,35);7,10-11,15-16,18-19H,4-6,8-9,12-14H2,1-3H3,(H,29,31)(H,30,34);3-4,9-10,14,16-17,31H,5-8,11-13H2,1-2H3,(H,25,27)(H,26,30). The van der Waals surface area contributed by atoms with Crippen molar-refractivity contribution in [3.63, 3.8) is 0 Å². The third-order valence-electron chi connectivity index (χ3n) is 30.7. The Labute approximate surface area is 842 Å².